The Morgan fingerprint density at radius 1 is 0.852 bits per heavy atom. The molecule has 1 aliphatic rings. The zero-order valence-corrected chi connectivity index (χ0v) is 19.6. The van der Waals surface area contributed by atoms with Crippen molar-refractivity contribution in [1.29, 1.82) is 0 Å². The van der Waals surface area contributed by atoms with Gasteiger partial charge in [0.1, 0.15) is 25.8 Å². The largest absolute Gasteiger partial charge is 0.328 e. The average molecular weight is 405 g/mol. The van der Waals surface area contributed by atoms with E-state index in [1.165, 1.54) is 83.5 Å². The first kappa shape index (κ1) is 25.1. The Morgan fingerprint density at radius 3 is 1.85 bits per heavy atom. The number of hydrogen-bond acceptors (Lipinski definition) is 3. The number of unbranched alkanes of at least 4 members (excludes halogenated alkanes) is 12. The van der Waals surface area contributed by atoms with Gasteiger partial charge in [0, 0.05) is 6.66 Å². The maximum atomic E-state index is 12.3. The second-order valence-corrected chi connectivity index (χ2v) is 11.2. The van der Waals surface area contributed by atoms with Gasteiger partial charge in [0.2, 0.25) is 0 Å². The van der Waals surface area contributed by atoms with Gasteiger partial charge in [0.15, 0.2) is 0 Å². The van der Waals surface area contributed by atoms with Crippen LogP contribution >= 0.6 is 7.60 Å². The van der Waals surface area contributed by atoms with Gasteiger partial charge >= 0.3 is 7.60 Å². The molecule has 1 rings (SSSR count). The summed E-state index contributed by atoms with van der Waals surface area (Å²) < 4.78 is 24.5. The monoisotopic (exact) mass is 404 g/mol. The van der Waals surface area contributed by atoms with E-state index in [-0.39, 0.29) is 6.10 Å². The summed E-state index contributed by atoms with van der Waals surface area (Å²) in [6.07, 6.45) is 18.8. The summed E-state index contributed by atoms with van der Waals surface area (Å²) in [4.78, 5) is 0. The standard InChI is InChI=1S/C22H47NO3P/c1-5-6-7-8-9-10-11-12-13-14-15-16-17-18-22-21-23(2,3)19-20-25-27(4,24)26-22/h22H,5-21H2,1-4H3/q+1/t22-,27+/m0/s1. The fourth-order valence-corrected chi connectivity index (χ4v) is 5.15. The zero-order valence-electron chi connectivity index (χ0n) is 18.7. The number of rotatable bonds is 14. The minimum Gasteiger partial charge on any atom is -0.324 e. The Balaban J connectivity index is 2.02. The first-order valence-corrected chi connectivity index (χ1v) is 13.6. The van der Waals surface area contributed by atoms with Crippen LogP contribution < -0.4 is 0 Å². The molecule has 2 atom stereocenters. The molecule has 1 saturated heterocycles. The molecule has 27 heavy (non-hydrogen) atoms. The maximum Gasteiger partial charge on any atom is 0.328 e. The van der Waals surface area contributed by atoms with Gasteiger partial charge in [-0.25, -0.2) is 0 Å². The first-order valence-electron chi connectivity index (χ1n) is 11.6. The Hall–Kier alpha value is 0.110. The predicted octanol–water partition coefficient (Wildman–Crippen LogP) is 6.78. The third-order valence-electron chi connectivity index (χ3n) is 5.69. The summed E-state index contributed by atoms with van der Waals surface area (Å²) in [5, 5.41) is 0. The van der Waals surface area contributed by atoms with Crippen LogP contribution in [0.2, 0.25) is 0 Å². The Morgan fingerprint density at radius 2 is 1.33 bits per heavy atom. The predicted molar refractivity (Wildman–Crippen MR) is 117 cm³/mol. The van der Waals surface area contributed by atoms with Crippen LogP contribution in [0.3, 0.4) is 0 Å². The molecule has 5 heteroatoms. The van der Waals surface area contributed by atoms with E-state index in [4.69, 9.17) is 9.05 Å². The third-order valence-corrected chi connectivity index (χ3v) is 7.02. The SMILES string of the molecule is CCCCCCCCCCCCCCC[C@H]1C[N+](C)(C)CCO[P@@](C)(=O)O1. The van der Waals surface area contributed by atoms with Crippen LogP contribution in [0.5, 0.6) is 0 Å². The summed E-state index contributed by atoms with van der Waals surface area (Å²) in [5.41, 5.74) is 0. The quantitative estimate of drug-likeness (QED) is 0.182. The van der Waals surface area contributed by atoms with Crippen LogP contribution in [-0.4, -0.2) is 51.0 Å². The minimum atomic E-state index is -2.87. The second kappa shape index (κ2) is 14.1. The molecule has 0 amide bonds. The Kier molecular flexibility index (Phi) is 13.2. The van der Waals surface area contributed by atoms with Gasteiger partial charge in [0.25, 0.3) is 0 Å². The van der Waals surface area contributed by atoms with Crippen molar-refractivity contribution in [2.24, 2.45) is 0 Å². The molecule has 0 spiro atoms. The van der Waals surface area contributed by atoms with Crippen LogP contribution in [0.25, 0.3) is 0 Å². The van der Waals surface area contributed by atoms with Crippen molar-refractivity contribution in [1.82, 2.24) is 0 Å². The molecular weight excluding hydrogens is 357 g/mol. The Bertz CT molecular complexity index is 414. The molecule has 0 aromatic heterocycles. The maximum absolute atomic E-state index is 12.3. The molecule has 0 radical (unpaired) electrons. The molecule has 0 bridgehead atoms. The fourth-order valence-electron chi connectivity index (χ4n) is 3.96. The van der Waals surface area contributed by atoms with Crippen molar-refractivity contribution >= 4 is 7.60 Å². The summed E-state index contributed by atoms with van der Waals surface area (Å²) in [5.74, 6) is 0. The molecule has 0 aromatic rings. The third kappa shape index (κ3) is 13.8. The topological polar surface area (TPSA) is 35.5 Å². The highest BCUT2D eigenvalue weighted by atomic mass is 31.2. The van der Waals surface area contributed by atoms with Gasteiger partial charge in [-0.15, -0.1) is 0 Å². The van der Waals surface area contributed by atoms with Gasteiger partial charge in [0.05, 0.1) is 14.1 Å². The van der Waals surface area contributed by atoms with Crippen molar-refractivity contribution in [3.63, 3.8) is 0 Å². The van der Waals surface area contributed by atoms with Crippen LogP contribution in [-0.2, 0) is 13.6 Å². The zero-order chi connectivity index (χ0) is 20.0. The van der Waals surface area contributed by atoms with E-state index in [1.807, 2.05) is 0 Å². The molecule has 162 valence electrons. The van der Waals surface area contributed by atoms with Gasteiger partial charge in [-0.3, -0.25) is 9.09 Å². The van der Waals surface area contributed by atoms with Crippen molar-refractivity contribution in [2.75, 3.05) is 40.5 Å². The lowest BCUT2D eigenvalue weighted by Crippen LogP contribution is -2.48. The smallest absolute Gasteiger partial charge is 0.324 e. The molecule has 1 aliphatic heterocycles. The van der Waals surface area contributed by atoms with Gasteiger partial charge < -0.3 is 9.01 Å². The number of likely N-dealkylation sites (N-methyl/N-ethyl adjacent to an activating group) is 1. The number of hydrogen-bond donors (Lipinski definition) is 0. The van der Waals surface area contributed by atoms with Crippen molar-refractivity contribution in [2.45, 2.75) is 103 Å². The molecule has 4 nitrogen and oxygen atoms in total. The number of quaternary nitrogens is 1. The van der Waals surface area contributed by atoms with Gasteiger partial charge in [-0.05, 0) is 6.42 Å². The highest BCUT2D eigenvalue weighted by molar-refractivity contribution is 7.53. The normalized spacial score (nSPS) is 25.9. The molecule has 1 fully saturated rings. The van der Waals surface area contributed by atoms with Crippen molar-refractivity contribution in [3.8, 4) is 0 Å². The lowest BCUT2D eigenvalue weighted by Gasteiger charge is -2.36. The van der Waals surface area contributed by atoms with E-state index in [1.54, 1.807) is 6.66 Å². The lowest BCUT2D eigenvalue weighted by atomic mass is 10.0. The van der Waals surface area contributed by atoms with E-state index in [0.29, 0.717) is 6.61 Å². The summed E-state index contributed by atoms with van der Waals surface area (Å²) in [6.45, 7) is 6.25. The average Bonchev–Trinajstić information content (AvgIpc) is 2.56. The van der Waals surface area contributed by atoms with Crippen LogP contribution in [0, 0.1) is 0 Å². The minimum absolute atomic E-state index is 0.0591. The molecule has 0 unspecified atom stereocenters. The molecule has 0 saturated carbocycles. The number of nitrogens with zero attached hydrogens (tertiary/aromatic N) is 1. The second-order valence-electron chi connectivity index (χ2n) is 9.21. The van der Waals surface area contributed by atoms with E-state index < -0.39 is 7.60 Å². The summed E-state index contributed by atoms with van der Waals surface area (Å²) >= 11 is 0. The van der Waals surface area contributed by atoms with Crippen LogP contribution in [0.15, 0.2) is 0 Å². The molecule has 1 heterocycles. The highest BCUT2D eigenvalue weighted by Gasteiger charge is 2.32. The van der Waals surface area contributed by atoms with Crippen molar-refractivity contribution < 1.29 is 18.1 Å². The van der Waals surface area contributed by atoms with Gasteiger partial charge in [-0.2, -0.15) is 0 Å². The van der Waals surface area contributed by atoms with Crippen LogP contribution in [0.1, 0.15) is 96.8 Å². The van der Waals surface area contributed by atoms with E-state index in [9.17, 15) is 4.57 Å². The van der Waals surface area contributed by atoms with Gasteiger partial charge in [-0.1, -0.05) is 90.4 Å². The first-order chi connectivity index (χ1) is 12.8. The summed E-state index contributed by atoms with van der Waals surface area (Å²) in [6, 6.07) is 0. The van der Waals surface area contributed by atoms with Crippen molar-refractivity contribution in [3.05, 3.63) is 0 Å². The van der Waals surface area contributed by atoms with E-state index in [0.717, 1.165) is 24.0 Å². The molecule has 0 aliphatic carbocycles. The van der Waals surface area contributed by atoms with E-state index in [2.05, 4.69) is 21.0 Å². The molecular formula is C22H47NO3P+. The van der Waals surface area contributed by atoms with Crippen LogP contribution in [0.4, 0.5) is 0 Å². The lowest BCUT2D eigenvalue weighted by molar-refractivity contribution is -0.893. The van der Waals surface area contributed by atoms with E-state index >= 15 is 0 Å². The highest BCUT2D eigenvalue weighted by Crippen LogP contribution is 2.46. The summed E-state index contributed by atoms with van der Waals surface area (Å²) in [7, 11) is 1.54. The Labute approximate surface area is 169 Å². The molecule has 0 N–H and O–H groups in total. The fraction of sp³-hybridized carbons (Fsp3) is 1.00. The molecule has 0 aromatic carbocycles.